The molecule has 8 heteroatoms. The van der Waals surface area contributed by atoms with Gasteiger partial charge in [-0.3, -0.25) is 0 Å². The van der Waals surface area contributed by atoms with E-state index in [4.69, 9.17) is 0 Å². The second kappa shape index (κ2) is 7.48. The van der Waals surface area contributed by atoms with Crippen molar-refractivity contribution < 1.29 is 18.3 Å². The zero-order valence-corrected chi connectivity index (χ0v) is 16.6. The number of anilines is 1. The van der Waals surface area contributed by atoms with E-state index in [9.17, 15) is 18.3 Å². The number of piperidine rings is 1. The first-order chi connectivity index (χ1) is 13.8. The number of halogens is 3. The lowest BCUT2D eigenvalue weighted by Crippen LogP contribution is -2.49. The molecule has 0 unspecified atom stereocenters. The number of fused-ring (bicyclic) bond motifs is 1. The van der Waals surface area contributed by atoms with Crippen molar-refractivity contribution in [3.05, 3.63) is 34.9 Å². The van der Waals surface area contributed by atoms with E-state index < -0.39 is 17.5 Å². The molecular weight excluding hydrogens is 381 g/mol. The largest absolute Gasteiger partial charge is 0.507 e. The fourth-order valence-corrected chi connectivity index (χ4v) is 4.52. The highest BCUT2D eigenvalue weighted by atomic mass is 19.4. The summed E-state index contributed by atoms with van der Waals surface area (Å²) < 4.78 is 38.7. The molecule has 2 aliphatic heterocycles. The second-order valence-electron chi connectivity index (χ2n) is 8.06. The van der Waals surface area contributed by atoms with E-state index in [0.29, 0.717) is 11.7 Å². The molecule has 29 heavy (non-hydrogen) atoms. The number of rotatable bonds is 2. The van der Waals surface area contributed by atoms with Crippen molar-refractivity contribution in [3.63, 3.8) is 0 Å². The summed E-state index contributed by atoms with van der Waals surface area (Å²) in [6.45, 7) is 4.94. The number of phenolic OH excluding ortho intramolecular Hbond substituents is 1. The maximum atomic E-state index is 12.9. The fraction of sp³-hybridized carbons (Fsp3) is 0.524. The lowest BCUT2D eigenvalue weighted by molar-refractivity contribution is -0.137. The van der Waals surface area contributed by atoms with Gasteiger partial charge in [0.2, 0.25) is 0 Å². The van der Waals surface area contributed by atoms with Crippen LogP contribution in [-0.2, 0) is 12.6 Å². The average Bonchev–Trinajstić information content (AvgIpc) is 2.68. The van der Waals surface area contributed by atoms with Crippen LogP contribution in [0.3, 0.4) is 0 Å². The molecule has 2 aliphatic rings. The number of aromatic hydroxyl groups is 1. The summed E-state index contributed by atoms with van der Waals surface area (Å²) in [6.07, 6.45) is -0.383. The maximum absolute atomic E-state index is 12.9. The van der Waals surface area contributed by atoms with E-state index in [0.717, 1.165) is 74.4 Å². The molecule has 2 aromatic rings. The van der Waals surface area contributed by atoms with Crippen LogP contribution in [0.25, 0.3) is 11.3 Å². The van der Waals surface area contributed by atoms with E-state index in [1.54, 1.807) is 0 Å². The van der Waals surface area contributed by atoms with Crippen molar-refractivity contribution in [2.45, 2.75) is 44.8 Å². The zero-order valence-electron chi connectivity index (χ0n) is 16.6. The number of hydrogen-bond acceptors (Lipinski definition) is 5. The summed E-state index contributed by atoms with van der Waals surface area (Å²) in [6, 6.07) is 3.39. The number of benzene rings is 1. The molecule has 0 spiro atoms. The molecule has 1 fully saturated rings. The van der Waals surface area contributed by atoms with Crippen molar-refractivity contribution in [2.24, 2.45) is 0 Å². The minimum Gasteiger partial charge on any atom is -0.507 e. The van der Waals surface area contributed by atoms with Crippen molar-refractivity contribution in [1.29, 1.82) is 0 Å². The molecule has 0 aliphatic carbocycles. The fourth-order valence-electron chi connectivity index (χ4n) is 4.52. The van der Waals surface area contributed by atoms with Gasteiger partial charge in [-0.05, 0) is 70.0 Å². The Kier molecular flexibility index (Phi) is 5.14. The van der Waals surface area contributed by atoms with Gasteiger partial charge in [0.15, 0.2) is 5.82 Å². The quantitative estimate of drug-likeness (QED) is 0.816. The first kappa shape index (κ1) is 19.9. The van der Waals surface area contributed by atoms with Crippen LogP contribution in [0, 0.1) is 6.92 Å². The van der Waals surface area contributed by atoms with Gasteiger partial charge in [0.1, 0.15) is 5.75 Å². The normalized spacial score (nSPS) is 20.6. The van der Waals surface area contributed by atoms with Gasteiger partial charge in [0, 0.05) is 30.3 Å². The Balaban J connectivity index is 1.70. The smallest absolute Gasteiger partial charge is 0.416 e. The van der Waals surface area contributed by atoms with Crippen LogP contribution < -0.4 is 4.90 Å². The molecule has 1 aromatic heterocycles. The summed E-state index contributed by atoms with van der Waals surface area (Å²) in [5.41, 5.74) is 1.79. The van der Waals surface area contributed by atoms with Crippen molar-refractivity contribution >= 4 is 5.82 Å². The number of likely N-dealkylation sites (tertiary alicyclic amines) is 1. The van der Waals surface area contributed by atoms with E-state index in [1.807, 2.05) is 6.92 Å². The molecule has 0 radical (unpaired) electrons. The molecule has 1 N–H and O–H groups in total. The molecule has 1 saturated heterocycles. The Bertz CT molecular complexity index is 916. The number of alkyl halides is 3. The van der Waals surface area contributed by atoms with Gasteiger partial charge in [0.25, 0.3) is 0 Å². The summed E-state index contributed by atoms with van der Waals surface area (Å²) in [5, 5.41) is 19.0. The number of hydrogen-bond donors (Lipinski definition) is 1. The maximum Gasteiger partial charge on any atom is 0.416 e. The standard InChI is InChI=1S/C21H25F3N4O/c1-13-16-6-4-10-28(15-5-3-9-27(2)12-15)20(16)26-25-19(13)17-8-7-14(11-18(17)29)21(22,23)24/h7-8,11,15,29H,3-6,9-10,12H2,1-2H3/t15-/m1/s1. The summed E-state index contributed by atoms with van der Waals surface area (Å²) in [5.74, 6) is 0.447. The molecule has 1 atom stereocenters. The highest BCUT2D eigenvalue weighted by Crippen LogP contribution is 2.39. The lowest BCUT2D eigenvalue weighted by atomic mass is 9.94. The van der Waals surface area contributed by atoms with Crippen LogP contribution in [0.1, 0.15) is 36.0 Å². The van der Waals surface area contributed by atoms with Gasteiger partial charge in [-0.25, -0.2) is 0 Å². The van der Waals surface area contributed by atoms with Gasteiger partial charge >= 0.3 is 6.18 Å². The van der Waals surface area contributed by atoms with Crippen LogP contribution in [0.5, 0.6) is 5.75 Å². The van der Waals surface area contributed by atoms with E-state index in [-0.39, 0.29) is 5.56 Å². The summed E-state index contributed by atoms with van der Waals surface area (Å²) >= 11 is 0. The predicted molar refractivity (Wildman–Crippen MR) is 105 cm³/mol. The number of nitrogens with zero attached hydrogens (tertiary/aromatic N) is 4. The topological polar surface area (TPSA) is 52.5 Å². The number of likely N-dealkylation sites (N-methyl/N-ethyl adjacent to an activating group) is 1. The molecule has 0 amide bonds. The lowest BCUT2D eigenvalue weighted by Gasteiger charge is -2.41. The van der Waals surface area contributed by atoms with Gasteiger partial charge in [-0.15, -0.1) is 10.2 Å². The third-order valence-corrected chi connectivity index (χ3v) is 6.04. The van der Waals surface area contributed by atoms with Gasteiger partial charge in [0.05, 0.1) is 11.3 Å². The van der Waals surface area contributed by atoms with E-state index in [1.165, 1.54) is 6.07 Å². The molecule has 4 rings (SSSR count). The Morgan fingerprint density at radius 2 is 1.93 bits per heavy atom. The highest BCUT2D eigenvalue weighted by Gasteiger charge is 2.33. The Hall–Kier alpha value is -2.35. The van der Waals surface area contributed by atoms with Crippen LogP contribution in [-0.4, -0.2) is 52.9 Å². The second-order valence-corrected chi connectivity index (χ2v) is 8.06. The minimum absolute atomic E-state index is 0.278. The van der Waals surface area contributed by atoms with E-state index in [2.05, 4.69) is 27.0 Å². The first-order valence-electron chi connectivity index (χ1n) is 9.97. The van der Waals surface area contributed by atoms with E-state index >= 15 is 0 Å². The molecular formula is C21H25F3N4O. The third-order valence-electron chi connectivity index (χ3n) is 6.04. The van der Waals surface area contributed by atoms with Crippen LogP contribution in [0.15, 0.2) is 18.2 Å². The SMILES string of the molecule is Cc1c(-c2ccc(C(F)(F)F)cc2O)nnc2c1CCCN2[C@@H]1CCCN(C)C1. The average molecular weight is 406 g/mol. The molecule has 3 heterocycles. The van der Waals surface area contributed by atoms with Crippen LogP contribution in [0.4, 0.5) is 19.0 Å². The molecule has 0 bridgehead atoms. The van der Waals surface area contributed by atoms with Crippen LogP contribution in [0.2, 0.25) is 0 Å². The third kappa shape index (κ3) is 3.77. The van der Waals surface area contributed by atoms with Crippen molar-refractivity contribution in [1.82, 2.24) is 15.1 Å². The van der Waals surface area contributed by atoms with Crippen molar-refractivity contribution in [3.8, 4) is 17.0 Å². The zero-order chi connectivity index (χ0) is 20.8. The molecule has 1 aromatic carbocycles. The highest BCUT2D eigenvalue weighted by molar-refractivity contribution is 5.73. The van der Waals surface area contributed by atoms with Gasteiger partial charge in [-0.1, -0.05) is 0 Å². The Morgan fingerprint density at radius 1 is 1.14 bits per heavy atom. The summed E-state index contributed by atoms with van der Waals surface area (Å²) in [7, 11) is 2.13. The molecule has 0 saturated carbocycles. The summed E-state index contributed by atoms with van der Waals surface area (Å²) in [4.78, 5) is 4.67. The monoisotopic (exact) mass is 406 g/mol. The van der Waals surface area contributed by atoms with Gasteiger partial charge < -0.3 is 14.9 Å². The number of aromatic nitrogens is 2. The van der Waals surface area contributed by atoms with Crippen molar-refractivity contribution in [2.75, 3.05) is 31.6 Å². The Labute approximate surface area is 168 Å². The molecule has 156 valence electrons. The predicted octanol–water partition coefficient (Wildman–Crippen LogP) is 4.02. The first-order valence-corrected chi connectivity index (χ1v) is 9.97. The minimum atomic E-state index is -4.50. The van der Waals surface area contributed by atoms with Gasteiger partial charge in [-0.2, -0.15) is 13.2 Å². The molecule has 5 nitrogen and oxygen atoms in total. The van der Waals surface area contributed by atoms with Crippen LogP contribution >= 0.6 is 0 Å². The number of phenols is 1. The Morgan fingerprint density at radius 3 is 2.62 bits per heavy atom.